The van der Waals surface area contributed by atoms with Crippen LogP contribution in [0.2, 0.25) is 0 Å². The van der Waals surface area contributed by atoms with Gasteiger partial charge in [-0.3, -0.25) is 0 Å². The molecule has 2 N–H and O–H groups in total. The number of para-hydroxylation sites is 1. The van der Waals surface area contributed by atoms with E-state index >= 15 is 0 Å². The summed E-state index contributed by atoms with van der Waals surface area (Å²) in [7, 11) is 7.37. The first-order valence-corrected chi connectivity index (χ1v) is 12.6. The Morgan fingerprint density at radius 2 is 1.71 bits per heavy atom. The molecule has 0 radical (unpaired) electrons. The Morgan fingerprint density at radius 3 is 2.41 bits per heavy atom. The summed E-state index contributed by atoms with van der Waals surface area (Å²) in [6, 6.07) is 12.6. The van der Waals surface area contributed by atoms with E-state index in [2.05, 4.69) is 43.6 Å². The average Bonchev–Trinajstić information content (AvgIpc) is 2.85. The van der Waals surface area contributed by atoms with Crippen LogP contribution in [-0.4, -0.2) is 50.9 Å². The number of methoxy groups -OCH3 is 2. The summed E-state index contributed by atoms with van der Waals surface area (Å²) < 4.78 is 11.8. The molecule has 1 aromatic heterocycles. The van der Waals surface area contributed by atoms with Crippen molar-refractivity contribution in [2.45, 2.75) is 38.3 Å². The fourth-order valence-corrected chi connectivity index (χ4v) is 5.06. The van der Waals surface area contributed by atoms with E-state index in [-0.39, 0.29) is 0 Å². The number of nitrogens with zero attached hydrogens (tertiary/aromatic N) is 3. The van der Waals surface area contributed by atoms with Crippen LogP contribution in [0.4, 0.5) is 11.8 Å². The Kier molecular flexibility index (Phi) is 8.11. The van der Waals surface area contributed by atoms with Crippen LogP contribution in [0.1, 0.15) is 31.2 Å². The molecule has 1 aliphatic carbocycles. The molecule has 0 aliphatic heterocycles. The molecule has 1 aliphatic rings. The number of halogens is 1. The number of fused-ring (bicyclic) bond motifs is 1. The van der Waals surface area contributed by atoms with Crippen LogP contribution < -0.4 is 25.0 Å². The summed E-state index contributed by atoms with van der Waals surface area (Å²) >= 11 is 3.65. The van der Waals surface area contributed by atoms with Crippen molar-refractivity contribution in [2.75, 3.05) is 45.1 Å². The molecule has 3 aromatic rings. The minimum Gasteiger partial charge on any atom is -0.493 e. The van der Waals surface area contributed by atoms with Gasteiger partial charge in [0.2, 0.25) is 5.95 Å². The normalized spacial score (nSPS) is 18.0. The molecule has 0 saturated heterocycles. The van der Waals surface area contributed by atoms with E-state index in [1.807, 2.05) is 38.4 Å². The van der Waals surface area contributed by atoms with E-state index in [0.717, 1.165) is 70.1 Å². The summed E-state index contributed by atoms with van der Waals surface area (Å²) in [5.41, 5.74) is 2.14. The van der Waals surface area contributed by atoms with Crippen molar-refractivity contribution >= 4 is 38.6 Å². The van der Waals surface area contributed by atoms with Gasteiger partial charge >= 0.3 is 0 Å². The number of hydrogen-bond donors (Lipinski definition) is 2. The average molecular weight is 528 g/mol. The third kappa shape index (κ3) is 5.73. The number of nitrogens with one attached hydrogen (secondary N) is 2. The third-order valence-electron chi connectivity index (χ3n) is 6.49. The molecule has 1 saturated carbocycles. The van der Waals surface area contributed by atoms with Crippen LogP contribution in [0.5, 0.6) is 11.5 Å². The van der Waals surface area contributed by atoms with Crippen molar-refractivity contribution in [2.24, 2.45) is 5.92 Å². The summed E-state index contributed by atoms with van der Waals surface area (Å²) in [6.45, 7) is 1.79. The predicted molar refractivity (Wildman–Crippen MR) is 142 cm³/mol. The quantitative estimate of drug-likeness (QED) is 0.394. The fraction of sp³-hybridized carbons (Fsp3) is 0.462. The fourth-order valence-electron chi connectivity index (χ4n) is 4.60. The Hall–Kier alpha value is -2.58. The van der Waals surface area contributed by atoms with E-state index in [9.17, 15) is 0 Å². The second kappa shape index (κ2) is 11.2. The molecule has 4 rings (SSSR count). The van der Waals surface area contributed by atoms with Crippen molar-refractivity contribution in [3.05, 3.63) is 46.4 Å². The van der Waals surface area contributed by atoms with Gasteiger partial charge in [-0.05, 0) is 68.0 Å². The molecule has 1 fully saturated rings. The van der Waals surface area contributed by atoms with Crippen molar-refractivity contribution < 1.29 is 9.47 Å². The van der Waals surface area contributed by atoms with E-state index < -0.39 is 0 Å². The molecule has 2 aromatic carbocycles. The van der Waals surface area contributed by atoms with E-state index in [1.54, 1.807) is 14.2 Å². The van der Waals surface area contributed by atoms with Gasteiger partial charge in [-0.25, -0.2) is 4.98 Å². The highest BCUT2D eigenvalue weighted by molar-refractivity contribution is 9.10. The molecule has 0 atom stereocenters. The highest BCUT2D eigenvalue weighted by atomic mass is 79.9. The first-order valence-electron chi connectivity index (χ1n) is 11.8. The lowest BCUT2D eigenvalue weighted by atomic mass is 9.86. The van der Waals surface area contributed by atoms with Crippen LogP contribution in [0.25, 0.3) is 10.9 Å². The second-order valence-corrected chi connectivity index (χ2v) is 9.93. The van der Waals surface area contributed by atoms with Gasteiger partial charge in [0.15, 0.2) is 11.5 Å². The molecule has 0 bridgehead atoms. The zero-order valence-corrected chi connectivity index (χ0v) is 22.0. The minimum atomic E-state index is 0.410. The van der Waals surface area contributed by atoms with Crippen molar-refractivity contribution in [1.82, 2.24) is 15.3 Å². The van der Waals surface area contributed by atoms with Gasteiger partial charge in [0.05, 0.1) is 19.7 Å². The van der Waals surface area contributed by atoms with Crippen molar-refractivity contribution in [3.63, 3.8) is 0 Å². The minimum absolute atomic E-state index is 0.410. The van der Waals surface area contributed by atoms with Crippen LogP contribution in [0.15, 0.2) is 40.9 Å². The summed E-state index contributed by atoms with van der Waals surface area (Å²) in [5, 5.41) is 8.31. The van der Waals surface area contributed by atoms with Crippen molar-refractivity contribution in [3.8, 4) is 11.5 Å². The zero-order valence-electron chi connectivity index (χ0n) is 20.4. The number of ether oxygens (including phenoxy) is 2. The lowest BCUT2D eigenvalue weighted by Crippen LogP contribution is -2.31. The largest absolute Gasteiger partial charge is 0.493 e. The Bertz CT molecular complexity index is 1120. The highest BCUT2D eigenvalue weighted by Gasteiger charge is 2.22. The standard InChI is InChI=1S/C26H34BrN5O2/c1-32(2)25-20-7-5-6-8-22(20)30-26(31-25)29-19-11-9-17(10-12-19)15-28-16-18-13-23(33-3)24(34-4)14-21(18)27/h5-8,13-14,17,19,28H,9-12,15-16H2,1-4H3,(H,29,30,31)/t17-,19+. The van der Waals surface area contributed by atoms with E-state index in [4.69, 9.17) is 19.4 Å². The van der Waals surface area contributed by atoms with Gasteiger partial charge in [-0.15, -0.1) is 0 Å². The van der Waals surface area contributed by atoms with E-state index in [0.29, 0.717) is 12.0 Å². The number of rotatable bonds is 9. The molecular weight excluding hydrogens is 494 g/mol. The lowest BCUT2D eigenvalue weighted by Gasteiger charge is -2.29. The topological polar surface area (TPSA) is 71.5 Å². The highest BCUT2D eigenvalue weighted by Crippen LogP contribution is 2.33. The third-order valence-corrected chi connectivity index (χ3v) is 7.23. The van der Waals surface area contributed by atoms with Gasteiger partial charge < -0.3 is 25.0 Å². The van der Waals surface area contributed by atoms with Gasteiger partial charge in [-0.1, -0.05) is 28.1 Å². The molecule has 0 amide bonds. The first-order chi connectivity index (χ1) is 16.5. The van der Waals surface area contributed by atoms with Gasteiger partial charge in [0.25, 0.3) is 0 Å². The number of anilines is 2. The molecule has 182 valence electrons. The molecule has 1 heterocycles. The Balaban J connectivity index is 1.29. The van der Waals surface area contributed by atoms with Gasteiger partial charge in [-0.2, -0.15) is 4.98 Å². The number of aromatic nitrogens is 2. The first kappa shape index (κ1) is 24.5. The second-order valence-electron chi connectivity index (χ2n) is 9.07. The SMILES string of the molecule is COc1cc(Br)c(CNC[C@H]2CC[C@@H](Nc3nc(N(C)C)c4ccccc4n3)CC2)cc1OC. The molecular formula is C26H34BrN5O2. The summed E-state index contributed by atoms with van der Waals surface area (Å²) in [6.07, 6.45) is 4.62. The maximum Gasteiger partial charge on any atom is 0.225 e. The van der Waals surface area contributed by atoms with Crippen LogP contribution in [-0.2, 0) is 6.54 Å². The van der Waals surface area contributed by atoms with Gasteiger partial charge in [0.1, 0.15) is 5.82 Å². The maximum atomic E-state index is 5.44. The monoisotopic (exact) mass is 527 g/mol. The Labute approximate surface area is 210 Å². The number of benzene rings is 2. The summed E-state index contributed by atoms with van der Waals surface area (Å²) in [4.78, 5) is 11.6. The van der Waals surface area contributed by atoms with Crippen LogP contribution in [0.3, 0.4) is 0 Å². The van der Waals surface area contributed by atoms with Crippen LogP contribution in [0, 0.1) is 5.92 Å². The molecule has 0 spiro atoms. The molecule has 7 nitrogen and oxygen atoms in total. The van der Waals surface area contributed by atoms with Crippen LogP contribution >= 0.6 is 15.9 Å². The molecule has 34 heavy (non-hydrogen) atoms. The lowest BCUT2D eigenvalue weighted by molar-refractivity contribution is 0.323. The number of hydrogen-bond acceptors (Lipinski definition) is 7. The Morgan fingerprint density at radius 1 is 1.00 bits per heavy atom. The van der Waals surface area contributed by atoms with Crippen molar-refractivity contribution in [1.29, 1.82) is 0 Å². The zero-order chi connectivity index (χ0) is 24.1. The van der Waals surface area contributed by atoms with Gasteiger partial charge in [0, 0.05) is 36.5 Å². The summed E-state index contributed by atoms with van der Waals surface area (Å²) in [5.74, 6) is 3.83. The maximum absolute atomic E-state index is 5.44. The molecule has 8 heteroatoms. The molecule has 0 unspecified atom stereocenters. The predicted octanol–water partition coefficient (Wildman–Crippen LogP) is 5.24. The smallest absolute Gasteiger partial charge is 0.225 e. The van der Waals surface area contributed by atoms with E-state index in [1.165, 1.54) is 12.8 Å².